The number of rotatable bonds is 3. The second-order valence-corrected chi connectivity index (χ2v) is 7.29. The fourth-order valence-electron chi connectivity index (χ4n) is 2.32. The monoisotopic (exact) mass is 312 g/mol. The number of sulfone groups is 1. The second-order valence-electron chi connectivity index (χ2n) is 4.98. The van der Waals surface area contributed by atoms with Crippen molar-refractivity contribution >= 4 is 27.2 Å². The zero-order chi connectivity index (χ0) is 15.5. The molecule has 0 bridgehead atoms. The van der Waals surface area contributed by atoms with Crippen molar-refractivity contribution in [2.75, 3.05) is 41.8 Å². The predicted molar refractivity (Wildman–Crippen MR) is 82.3 cm³/mol. The normalized spacial score (nSPS) is 18.0. The summed E-state index contributed by atoms with van der Waals surface area (Å²) < 4.78 is 28.3. The van der Waals surface area contributed by atoms with E-state index in [0.717, 1.165) is 5.69 Å². The Labute approximate surface area is 124 Å². The Kier molecular flexibility index (Phi) is 4.72. The highest BCUT2D eigenvalue weighted by Gasteiger charge is 2.20. The van der Waals surface area contributed by atoms with E-state index >= 15 is 0 Å². The number of esters is 1. The minimum absolute atomic E-state index is 0.131. The number of nitrogen functional groups attached to an aromatic ring is 1. The van der Waals surface area contributed by atoms with Crippen LogP contribution in [0.5, 0.6) is 0 Å². The van der Waals surface area contributed by atoms with Crippen LogP contribution in [-0.2, 0) is 14.6 Å². The van der Waals surface area contributed by atoms with Crippen LogP contribution >= 0.6 is 0 Å². The first-order valence-corrected chi connectivity index (χ1v) is 8.77. The molecule has 1 fully saturated rings. The van der Waals surface area contributed by atoms with Crippen molar-refractivity contribution in [1.82, 2.24) is 0 Å². The van der Waals surface area contributed by atoms with Gasteiger partial charge in [-0.05, 0) is 31.5 Å². The van der Waals surface area contributed by atoms with E-state index in [1.54, 1.807) is 25.1 Å². The molecule has 0 aliphatic carbocycles. The molecule has 0 radical (unpaired) electrons. The Bertz CT molecular complexity index is 628. The van der Waals surface area contributed by atoms with Gasteiger partial charge in [0.2, 0.25) is 0 Å². The topological polar surface area (TPSA) is 89.7 Å². The minimum Gasteiger partial charge on any atom is -0.462 e. The summed E-state index contributed by atoms with van der Waals surface area (Å²) in [5.74, 6) is -0.116. The Hall–Kier alpha value is -1.76. The molecule has 1 heterocycles. The lowest BCUT2D eigenvalue weighted by Gasteiger charge is -2.23. The number of anilines is 2. The maximum Gasteiger partial charge on any atom is 0.340 e. The summed E-state index contributed by atoms with van der Waals surface area (Å²) in [4.78, 5) is 13.8. The molecule has 7 heteroatoms. The van der Waals surface area contributed by atoms with Crippen LogP contribution in [0.2, 0.25) is 0 Å². The SMILES string of the molecule is CCOC(=O)c1cc(N2CCCS(=O)(=O)CC2)ccc1N. The molecule has 0 atom stereocenters. The van der Waals surface area contributed by atoms with E-state index in [-0.39, 0.29) is 18.1 Å². The van der Waals surface area contributed by atoms with E-state index in [2.05, 4.69) is 0 Å². The Morgan fingerprint density at radius 2 is 2.10 bits per heavy atom. The Morgan fingerprint density at radius 3 is 2.81 bits per heavy atom. The first kappa shape index (κ1) is 15.6. The zero-order valence-corrected chi connectivity index (χ0v) is 12.9. The van der Waals surface area contributed by atoms with Crippen molar-refractivity contribution in [3.05, 3.63) is 23.8 Å². The average Bonchev–Trinajstić information content (AvgIpc) is 2.60. The molecule has 1 aliphatic rings. The summed E-state index contributed by atoms with van der Waals surface area (Å²) in [6.45, 7) is 3.09. The van der Waals surface area contributed by atoms with Gasteiger partial charge in [-0.1, -0.05) is 0 Å². The third kappa shape index (κ3) is 3.87. The smallest absolute Gasteiger partial charge is 0.340 e. The number of hydrogen-bond acceptors (Lipinski definition) is 6. The van der Waals surface area contributed by atoms with Crippen molar-refractivity contribution in [2.45, 2.75) is 13.3 Å². The molecule has 6 nitrogen and oxygen atoms in total. The summed E-state index contributed by atoms with van der Waals surface area (Å²) in [7, 11) is -2.96. The van der Waals surface area contributed by atoms with Gasteiger partial charge in [-0.3, -0.25) is 0 Å². The molecule has 2 rings (SSSR count). The fourth-order valence-corrected chi connectivity index (χ4v) is 3.59. The van der Waals surface area contributed by atoms with E-state index in [0.29, 0.717) is 30.8 Å². The van der Waals surface area contributed by atoms with Gasteiger partial charge in [0.05, 0.1) is 23.7 Å². The molecule has 0 amide bonds. The zero-order valence-electron chi connectivity index (χ0n) is 12.0. The second kappa shape index (κ2) is 6.34. The van der Waals surface area contributed by atoms with Crippen LogP contribution < -0.4 is 10.6 Å². The van der Waals surface area contributed by atoms with Crippen molar-refractivity contribution in [3.63, 3.8) is 0 Å². The van der Waals surface area contributed by atoms with Gasteiger partial charge >= 0.3 is 5.97 Å². The number of nitrogens with zero attached hydrogens (tertiary/aromatic N) is 1. The highest BCUT2D eigenvalue weighted by atomic mass is 32.2. The molecule has 116 valence electrons. The largest absolute Gasteiger partial charge is 0.462 e. The van der Waals surface area contributed by atoms with Gasteiger partial charge in [0.1, 0.15) is 0 Å². The molecule has 1 aliphatic heterocycles. The number of benzene rings is 1. The molecule has 1 aromatic carbocycles. The molecular formula is C14H20N2O4S. The molecule has 21 heavy (non-hydrogen) atoms. The van der Waals surface area contributed by atoms with Crippen LogP contribution in [0.1, 0.15) is 23.7 Å². The van der Waals surface area contributed by atoms with E-state index in [1.165, 1.54) is 0 Å². The summed E-state index contributed by atoms with van der Waals surface area (Å²) in [5, 5.41) is 0. The number of nitrogens with two attached hydrogens (primary N) is 1. The van der Waals surface area contributed by atoms with E-state index in [1.807, 2.05) is 4.90 Å². The van der Waals surface area contributed by atoms with Crippen molar-refractivity contribution in [1.29, 1.82) is 0 Å². The number of carbonyl (C=O) groups excluding carboxylic acids is 1. The molecule has 0 unspecified atom stereocenters. The molecule has 0 spiro atoms. The highest BCUT2D eigenvalue weighted by Crippen LogP contribution is 2.23. The predicted octanol–water partition coefficient (Wildman–Crippen LogP) is 1.07. The standard InChI is InChI=1S/C14H20N2O4S/c1-2-20-14(17)12-10-11(4-5-13(12)15)16-6-3-8-21(18,19)9-7-16/h4-5,10H,2-3,6-9,15H2,1H3. The molecule has 0 saturated carbocycles. The van der Waals surface area contributed by atoms with Crippen LogP contribution in [0, 0.1) is 0 Å². The number of carbonyl (C=O) groups is 1. The first-order valence-electron chi connectivity index (χ1n) is 6.95. The summed E-state index contributed by atoms with van der Waals surface area (Å²) in [6, 6.07) is 5.13. The fraction of sp³-hybridized carbons (Fsp3) is 0.500. The van der Waals surface area contributed by atoms with Crippen LogP contribution in [0.15, 0.2) is 18.2 Å². The van der Waals surface area contributed by atoms with Gasteiger partial charge in [-0.25, -0.2) is 13.2 Å². The van der Waals surface area contributed by atoms with Crippen molar-refractivity contribution < 1.29 is 17.9 Å². The van der Waals surface area contributed by atoms with E-state index < -0.39 is 15.8 Å². The lowest BCUT2D eigenvalue weighted by Crippen LogP contribution is -2.27. The number of ether oxygens (including phenoxy) is 1. The van der Waals surface area contributed by atoms with Gasteiger partial charge in [-0.2, -0.15) is 0 Å². The number of hydrogen-bond donors (Lipinski definition) is 1. The lowest BCUT2D eigenvalue weighted by atomic mass is 10.1. The van der Waals surface area contributed by atoms with Crippen LogP contribution in [-0.4, -0.2) is 45.6 Å². The quantitative estimate of drug-likeness (QED) is 0.663. The molecule has 2 N–H and O–H groups in total. The van der Waals surface area contributed by atoms with E-state index in [4.69, 9.17) is 10.5 Å². The van der Waals surface area contributed by atoms with Crippen molar-refractivity contribution in [3.8, 4) is 0 Å². The van der Waals surface area contributed by atoms with E-state index in [9.17, 15) is 13.2 Å². The van der Waals surface area contributed by atoms with Gasteiger partial charge < -0.3 is 15.4 Å². The van der Waals surface area contributed by atoms with Gasteiger partial charge in [0.15, 0.2) is 9.84 Å². The van der Waals surface area contributed by atoms with Crippen LogP contribution in [0.25, 0.3) is 0 Å². The maximum absolute atomic E-state index is 11.9. The lowest BCUT2D eigenvalue weighted by molar-refractivity contribution is 0.0527. The maximum atomic E-state index is 11.9. The first-order chi connectivity index (χ1) is 9.93. The molecule has 0 aromatic heterocycles. The highest BCUT2D eigenvalue weighted by molar-refractivity contribution is 7.91. The third-order valence-electron chi connectivity index (χ3n) is 3.45. The van der Waals surface area contributed by atoms with Crippen LogP contribution in [0.3, 0.4) is 0 Å². The summed E-state index contributed by atoms with van der Waals surface area (Å²) >= 11 is 0. The Balaban J connectivity index is 2.24. The summed E-state index contributed by atoms with van der Waals surface area (Å²) in [5.41, 5.74) is 7.29. The van der Waals surface area contributed by atoms with Crippen LogP contribution in [0.4, 0.5) is 11.4 Å². The van der Waals surface area contributed by atoms with Gasteiger partial charge in [-0.15, -0.1) is 0 Å². The average molecular weight is 312 g/mol. The Morgan fingerprint density at radius 1 is 1.33 bits per heavy atom. The molecule has 1 saturated heterocycles. The summed E-state index contributed by atoms with van der Waals surface area (Å²) in [6.07, 6.45) is 0.585. The molecular weight excluding hydrogens is 292 g/mol. The third-order valence-corrected chi connectivity index (χ3v) is 5.17. The van der Waals surface area contributed by atoms with Crippen molar-refractivity contribution in [2.24, 2.45) is 0 Å². The van der Waals surface area contributed by atoms with Gasteiger partial charge in [0, 0.05) is 24.5 Å². The minimum atomic E-state index is -2.96. The van der Waals surface area contributed by atoms with Gasteiger partial charge in [0.25, 0.3) is 0 Å². The molecule has 1 aromatic rings.